The van der Waals surface area contributed by atoms with Gasteiger partial charge in [0.1, 0.15) is 0 Å². The molecule has 154 valence electrons. The van der Waals surface area contributed by atoms with Gasteiger partial charge in [-0.05, 0) is 24.3 Å². The highest BCUT2D eigenvalue weighted by Gasteiger charge is 2.49. The zero-order valence-corrected chi connectivity index (χ0v) is 16.7. The Balaban J connectivity index is 1.66. The zero-order chi connectivity index (χ0) is 20.6. The van der Waals surface area contributed by atoms with Gasteiger partial charge in [0.15, 0.2) is 9.84 Å². The minimum Gasteiger partial charge on any atom is -0.481 e. The maximum Gasteiger partial charge on any atom is 0.307 e. The van der Waals surface area contributed by atoms with E-state index in [0.29, 0.717) is 31.7 Å². The first kappa shape index (κ1) is 19.8. The molecular weight excluding hydrogens is 394 g/mol. The number of fused-ring (bicyclic) bond motifs is 1. The first-order valence-corrected chi connectivity index (χ1v) is 11.2. The van der Waals surface area contributed by atoms with Crippen LogP contribution in [-0.2, 0) is 24.2 Å². The second-order valence-electron chi connectivity index (χ2n) is 7.60. The second kappa shape index (κ2) is 7.76. The average Bonchev–Trinajstić information content (AvgIpc) is 3.20. The molecule has 8 heteroatoms. The summed E-state index contributed by atoms with van der Waals surface area (Å²) < 4.78 is 32.1. The van der Waals surface area contributed by atoms with Crippen LogP contribution < -0.4 is 0 Å². The highest BCUT2D eigenvalue weighted by molar-refractivity contribution is 7.92. The summed E-state index contributed by atoms with van der Waals surface area (Å²) in [6, 6.07) is 12.3. The minimum atomic E-state index is -3.79. The molecule has 1 saturated heterocycles. The van der Waals surface area contributed by atoms with Crippen molar-refractivity contribution in [2.75, 3.05) is 26.3 Å². The molecule has 0 radical (unpaired) electrons. The van der Waals surface area contributed by atoms with Crippen molar-refractivity contribution >= 4 is 32.5 Å². The number of amides is 1. The molecule has 2 aromatic carbocycles. The average molecular weight is 417 g/mol. The summed E-state index contributed by atoms with van der Waals surface area (Å²) in [5.74, 6) is -3.23. The third-order valence-corrected chi connectivity index (χ3v) is 8.20. The Morgan fingerprint density at radius 2 is 1.62 bits per heavy atom. The fourth-order valence-corrected chi connectivity index (χ4v) is 6.47. The number of carboxylic acid groups (broad SMARTS) is 1. The van der Waals surface area contributed by atoms with Crippen LogP contribution in [0.5, 0.6) is 0 Å². The van der Waals surface area contributed by atoms with E-state index in [9.17, 15) is 23.1 Å². The largest absolute Gasteiger partial charge is 0.481 e. The number of hydrogen-bond donors (Lipinski definition) is 1. The third-order valence-electron chi connectivity index (χ3n) is 5.97. The van der Waals surface area contributed by atoms with Crippen LogP contribution >= 0.6 is 0 Å². The lowest BCUT2D eigenvalue weighted by molar-refractivity contribution is -0.150. The number of hydrogen-bond acceptors (Lipinski definition) is 5. The van der Waals surface area contributed by atoms with Gasteiger partial charge in [0.25, 0.3) is 0 Å². The number of carboxylic acids is 1. The summed E-state index contributed by atoms with van der Waals surface area (Å²) in [6.45, 7) is 1.63. The Morgan fingerprint density at radius 3 is 2.34 bits per heavy atom. The third kappa shape index (κ3) is 3.62. The normalized spacial score (nSPS) is 25.2. The molecule has 1 amide bonds. The summed E-state index contributed by atoms with van der Waals surface area (Å²) >= 11 is 0. The van der Waals surface area contributed by atoms with Gasteiger partial charge in [-0.1, -0.05) is 36.4 Å². The number of sulfone groups is 1. The molecule has 29 heavy (non-hydrogen) atoms. The Labute approximate surface area is 169 Å². The number of nitrogens with zero attached hydrogens (tertiary/aromatic N) is 1. The molecule has 1 aliphatic carbocycles. The van der Waals surface area contributed by atoms with Crippen molar-refractivity contribution in [3.8, 4) is 0 Å². The number of carbonyl (C=O) groups excluding carboxylic acids is 1. The SMILES string of the molecule is O=C(O)C1CC(S(=O)(=O)c2cccc3ccccc23)CC1C(=O)N1CCOCC1. The van der Waals surface area contributed by atoms with Crippen molar-refractivity contribution in [2.24, 2.45) is 11.8 Å². The van der Waals surface area contributed by atoms with E-state index < -0.39 is 32.9 Å². The molecule has 0 bridgehead atoms. The smallest absolute Gasteiger partial charge is 0.307 e. The topological polar surface area (TPSA) is 101 Å². The molecule has 2 aliphatic rings. The molecule has 1 saturated carbocycles. The molecule has 2 fully saturated rings. The lowest BCUT2D eigenvalue weighted by Crippen LogP contribution is -2.45. The van der Waals surface area contributed by atoms with Crippen molar-refractivity contribution in [2.45, 2.75) is 23.0 Å². The van der Waals surface area contributed by atoms with Gasteiger partial charge in [-0.2, -0.15) is 0 Å². The van der Waals surface area contributed by atoms with Crippen molar-refractivity contribution in [3.05, 3.63) is 42.5 Å². The summed E-state index contributed by atoms with van der Waals surface area (Å²) in [5, 5.41) is 10.2. The first-order chi connectivity index (χ1) is 13.9. The molecular formula is C21H23NO6S. The van der Waals surface area contributed by atoms with Crippen LogP contribution in [0.2, 0.25) is 0 Å². The molecule has 0 spiro atoms. The van der Waals surface area contributed by atoms with Crippen LogP contribution in [-0.4, -0.2) is 61.9 Å². The van der Waals surface area contributed by atoms with Gasteiger partial charge >= 0.3 is 5.97 Å². The number of carbonyl (C=O) groups is 2. The zero-order valence-electron chi connectivity index (χ0n) is 15.9. The van der Waals surface area contributed by atoms with E-state index in [1.54, 1.807) is 29.2 Å². The number of rotatable bonds is 4. The monoisotopic (exact) mass is 417 g/mol. The lowest BCUT2D eigenvalue weighted by atomic mass is 9.94. The Kier molecular flexibility index (Phi) is 5.31. The van der Waals surface area contributed by atoms with Gasteiger partial charge in [-0.3, -0.25) is 9.59 Å². The maximum absolute atomic E-state index is 13.4. The molecule has 1 N–H and O–H groups in total. The molecule has 0 aromatic heterocycles. The predicted octanol–water partition coefficient (Wildman–Crippen LogP) is 1.95. The summed E-state index contributed by atoms with van der Waals surface area (Å²) in [4.78, 5) is 26.6. The second-order valence-corrected chi connectivity index (χ2v) is 9.80. The van der Waals surface area contributed by atoms with Crippen molar-refractivity contribution in [3.63, 3.8) is 0 Å². The molecule has 7 nitrogen and oxygen atoms in total. The fourth-order valence-electron chi connectivity index (χ4n) is 4.43. The van der Waals surface area contributed by atoms with Gasteiger partial charge in [-0.25, -0.2) is 8.42 Å². The minimum absolute atomic E-state index is 0.0265. The van der Waals surface area contributed by atoms with Crippen LogP contribution in [0.25, 0.3) is 10.8 Å². The standard InChI is InChI=1S/C21H23NO6S/c23-20(22-8-10-28-11-9-22)17-12-15(13-18(17)21(24)25)29(26,27)19-7-3-5-14-4-1-2-6-16(14)19/h1-7,15,17-18H,8-13H2,(H,24,25). The molecule has 3 atom stereocenters. The Bertz CT molecular complexity index is 1040. The van der Waals surface area contributed by atoms with E-state index >= 15 is 0 Å². The van der Waals surface area contributed by atoms with Crippen LogP contribution in [0.4, 0.5) is 0 Å². The van der Waals surface area contributed by atoms with Gasteiger partial charge < -0.3 is 14.7 Å². The predicted molar refractivity (Wildman–Crippen MR) is 106 cm³/mol. The fraction of sp³-hybridized carbons (Fsp3) is 0.429. The molecule has 1 aliphatic heterocycles. The number of aliphatic carboxylic acids is 1. The maximum atomic E-state index is 13.4. The quantitative estimate of drug-likeness (QED) is 0.816. The molecule has 4 rings (SSSR count). The van der Waals surface area contributed by atoms with Crippen molar-refractivity contribution in [1.29, 1.82) is 0 Å². The van der Waals surface area contributed by atoms with E-state index in [2.05, 4.69) is 0 Å². The van der Waals surface area contributed by atoms with E-state index in [1.807, 2.05) is 18.2 Å². The van der Waals surface area contributed by atoms with E-state index in [4.69, 9.17) is 4.74 Å². The summed E-state index contributed by atoms with van der Waals surface area (Å²) in [7, 11) is -3.79. The number of ether oxygens (including phenoxy) is 1. The van der Waals surface area contributed by atoms with Crippen LogP contribution in [0, 0.1) is 11.8 Å². The molecule has 3 unspecified atom stereocenters. The highest BCUT2D eigenvalue weighted by Crippen LogP contribution is 2.40. The number of benzene rings is 2. The van der Waals surface area contributed by atoms with Gasteiger partial charge in [0.2, 0.25) is 5.91 Å². The van der Waals surface area contributed by atoms with Crippen LogP contribution in [0.15, 0.2) is 47.4 Å². The van der Waals surface area contributed by atoms with Crippen LogP contribution in [0.3, 0.4) is 0 Å². The van der Waals surface area contributed by atoms with E-state index in [0.717, 1.165) is 5.39 Å². The van der Waals surface area contributed by atoms with Gasteiger partial charge in [0.05, 0.1) is 35.2 Å². The first-order valence-electron chi connectivity index (χ1n) is 9.70. The van der Waals surface area contributed by atoms with Crippen molar-refractivity contribution in [1.82, 2.24) is 4.90 Å². The Morgan fingerprint density at radius 1 is 0.966 bits per heavy atom. The van der Waals surface area contributed by atoms with Crippen LogP contribution in [0.1, 0.15) is 12.8 Å². The van der Waals surface area contributed by atoms with Gasteiger partial charge in [-0.15, -0.1) is 0 Å². The van der Waals surface area contributed by atoms with E-state index in [-0.39, 0.29) is 23.6 Å². The lowest BCUT2D eigenvalue weighted by Gasteiger charge is -2.30. The summed E-state index contributed by atoms with van der Waals surface area (Å²) in [6.07, 6.45) is -0.0274. The summed E-state index contributed by atoms with van der Waals surface area (Å²) in [5.41, 5.74) is 0. The highest BCUT2D eigenvalue weighted by atomic mass is 32.2. The number of morpholine rings is 1. The molecule has 1 heterocycles. The van der Waals surface area contributed by atoms with Crippen molar-refractivity contribution < 1.29 is 27.9 Å². The van der Waals surface area contributed by atoms with E-state index in [1.165, 1.54) is 0 Å². The molecule has 2 aromatic rings. The van der Waals surface area contributed by atoms with Gasteiger partial charge in [0, 0.05) is 18.5 Å². The Hall–Kier alpha value is -2.45.